The van der Waals surface area contributed by atoms with E-state index in [9.17, 15) is 4.79 Å². The van der Waals surface area contributed by atoms with Crippen molar-refractivity contribution in [1.29, 1.82) is 0 Å². The standard InChI is InChI=1S/C51H36O/c1-50(2)44-25-15-14-23-39(44)42-31-46-43(32-45(42)50)48-40-24-13-12-22-38(40)41(33-26-28-35(29-27-33)49(52)34-16-6-3-7-17-34)30-47(48)51(46,36-18-8-4-9-19-36)37-20-10-5-11-21-37/h3-32H,1-2H3. The molecule has 0 fully saturated rings. The lowest BCUT2D eigenvalue weighted by Gasteiger charge is -2.34. The predicted octanol–water partition coefficient (Wildman–Crippen LogP) is 12.4. The molecular weight excluding hydrogens is 629 g/mol. The van der Waals surface area contributed by atoms with Crippen molar-refractivity contribution in [1.82, 2.24) is 0 Å². The Morgan fingerprint density at radius 1 is 0.404 bits per heavy atom. The third-order valence-corrected chi connectivity index (χ3v) is 11.8. The van der Waals surface area contributed by atoms with Gasteiger partial charge in [0.1, 0.15) is 0 Å². The van der Waals surface area contributed by atoms with Gasteiger partial charge in [-0.15, -0.1) is 0 Å². The molecule has 1 nitrogen and oxygen atoms in total. The number of fused-ring (bicyclic) bond motifs is 8. The van der Waals surface area contributed by atoms with E-state index in [2.05, 4.69) is 153 Å². The Morgan fingerprint density at radius 2 is 0.923 bits per heavy atom. The first kappa shape index (κ1) is 30.5. The number of ketones is 1. The van der Waals surface area contributed by atoms with Gasteiger partial charge in [-0.3, -0.25) is 4.79 Å². The van der Waals surface area contributed by atoms with Crippen molar-refractivity contribution in [3.05, 3.63) is 226 Å². The highest BCUT2D eigenvalue weighted by Gasteiger charge is 2.49. The van der Waals surface area contributed by atoms with Gasteiger partial charge in [-0.05, 0) is 95.7 Å². The van der Waals surface area contributed by atoms with Crippen molar-refractivity contribution < 1.29 is 4.79 Å². The molecule has 2 aliphatic carbocycles. The summed E-state index contributed by atoms with van der Waals surface area (Å²) in [6, 6.07) is 65.2. The molecule has 8 aromatic rings. The van der Waals surface area contributed by atoms with E-state index >= 15 is 0 Å². The van der Waals surface area contributed by atoms with Crippen molar-refractivity contribution in [2.75, 3.05) is 0 Å². The minimum Gasteiger partial charge on any atom is -0.289 e. The highest BCUT2D eigenvalue weighted by atomic mass is 16.1. The Bertz CT molecular complexity index is 2650. The van der Waals surface area contributed by atoms with E-state index in [1.54, 1.807) is 0 Å². The number of carbonyl (C=O) groups is 1. The second kappa shape index (κ2) is 11.4. The van der Waals surface area contributed by atoms with Crippen molar-refractivity contribution in [3.8, 4) is 33.4 Å². The summed E-state index contributed by atoms with van der Waals surface area (Å²) in [5, 5.41) is 2.44. The maximum atomic E-state index is 13.4. The van der Waals surface area contributed by atoms with Crippen molar-refractivity contribution >= 4 is 16.6 Å². The molecule has 0 aromatic heterocycles. The Labute approximate surface area is 304 Å². The summed E-state index contributed by atoms with van der Waals surface area (Å²) >= 11 is 0. The third kappa shape index (κ3) is 4.20. The lowest BCUT2D eigenvalue weighted by atomic mass is 9.66. The molecule has 0 bridgehead atoms. The summed E-state index contributed by atoms with van der Waals surface area (Å²) in [5.41, 5.74) is 16.1. The molecule has 0 radical (unpaired) electrons. The first-order valence-corrected chi connectivity index (χ1v) is 18.1. The van der Waals surface area contributed by atoms with Crippen LogP contribution in [0.4, 0.5) is 0 Å². The zero-order valence-corrected chi connectivity index (χ0v) is 29.2. The van der Waals surface area contributed by atoms with E-state index in [1.807, 2.05) is 42.5 Å². The number of hydrogen-bond donors (Lipinski definition) is 0. The second-order valence-corrected chi connectivity index (χ2v) is 14.8. The number of rotatable bonds is 5. The second-order valence-electron chi connectivity index (χ2n) is 14.8. The molecule has 0 unspecified atom stereocenters. The Balaban J connectivity index is 1.29. The largest absolute Gasteiger partial charge is 0.289 e. The van der Waals surface area contributed by atoms with Crippen LogP contribution in [-0.2, 0) is 10.8 Å². The van der Waals surface area contributed by atoms with Gasteiger partial charge in [-0.1, -0.05) is 178 Å². The summed E-state index contributed by atoms with van der Waals surface area (Å²) in [6.07, 6.45) is 0. The molecule has 0 heterocycles. The summed E-state index contributed by atoms with van der Waals surface area (Å²) in [6.45, 7) is 4.74. The molecule has 0 N–H and O–H groups in total. The molecule has 0 spiro atoms. The first-order valence-electron chi connectivity index (χ1n) is 18.1. The lowest BCUT2D eigenvalue weighted by molar-refractivity contribution is 0.103. The zero-order valence-electron chi connectivity index (χ0n) is 29.2. The monoisotopic (exact) mass is 664 g/mol. The van der Waals surface area contributed by atoms with Gasteiger partial charge in [0.2, 0.25) is 0 Å². The smallest absolute Gasteiger partial charge is 0.193 e. The van der Waals surface area contributed by atoms with E-state index in [1.165, 1.54) is 66.4 Å². The number of carbonyl (C=O) groups excluding carboxylic acids is 1. The molecule has 0 saturated heterocycles. The molecule has 2 aliphatic rings. The molecular formula is C51H36O. The molecule has 8 aromatic carbocycles. The van der Waals surface area contributed by atoms with Crippen LogP contribution in [0.5, 0.6) is 0 Å². The van der Waals surface area contributed by atoms with E-state index in [0.717, 1.165) is 11.1 Å². The predicted molar refractivity (Wildman–Crippen MR) is 214 cm³/mol. The quantitative estimate of drug-likeness (QED) is 0.167. The van der Waals surface area contributed by atoms with Gasteiger partial charge in [0, 0.05) is 16.5 Å². The summed E-state index contributed by atoms with van der Waals surface area (Å²) in [7, 11) is 0. The summed E-state index contributed by atoms with van der Waals surface area (Å²) in [4.78, 5) is 13.4. The van der Waals surface area contributed by atoms with Gasteiger partial charge in [0.25, 0.3) is 0 Å². The van der Waals surface area contributed by atoms with Gasteiger partial charge in [-0.25, -0.2) is 0 Å². The minimum atomic E-state index is -0.564. The van der Waals surface area contributed by atoms with Gasteiger partial charge in [0.05, 0.1) is 5.41 Å². The fraction of sp³-hybridized carbons (Fsp3) is 0.0784. The van der Waals surface area contributed by atoms with Crippen LogP contribution in [0.25, 0.3) is 44.2 Å². The van der Waals surface area contributed by atoms with Gasteiger partial charge < -0.3 is 0 Å². The summed E-state index contributed by atoms with van der Waals surface area (Å²) in [5.74, 6) is 0.0335. The molecule has 10 rings (SSSR count). The molecule has 0 saturated carbocycles. The molecule has 1 heteroatoms. The van der Waals surface area contributed by atoms with Crippen molar-refractivity contribution in [3.63, 3.8) is 0 Å². The topological polar surface area (TPSA) is 17.1 Å². The molecule has 0 aliphatic heterocycles. The van der Waals surface area contributed by atoms with Crippen LogP contribution in [0, 0.1) is 0 Å². The molecule has 0 amide bonds. The van der Waals surface area contributed by atoms with Crippen molar-refractivity contribution in [2.45, 2.75) is 24.7 Å². The van der Waals surface area contributed by atoms with E-state index in [4.69, 9.17) is 0 Å². The maximum Gasteiger partial charge on any atom is 0.193 e. The van der Waals surface area contributed by atoms with E-state index in [0.29, 0.717) is 11.1 Å². The average molecular weight is 665 g/mol. The Kier molecular flexibility index (Phi) is 6.66. The average Bonchev–Trinajstić information content (AvgIpc) is 3.63. The van der Waals surface area contributed by atoms with Crippen LogP contribution < -0.4 is 0 Å². The molecule has 0 atom stereocenters. The first-order chi connectivity index (χ1) is 25.5. The number of benzene rings is 8. The summed E-state index contributed by atoms with van der Waals surface area (Å²) < 4.78 is 0. The minimum absolute atomic E-state index is 0.0335. The highest BCUT2D eigenvalue weighted by molar-refractivity contribution is 6.12. The maximum absolute atomic E-state index is 13.4. The SMILES string of the molecule is CC1(C)c2ccccc2-c2cc3c(cc21)-c1c(cc(-c2ccc(C(=O)c4ccccc4)cc2)c2ccccc12)C3(c1ccccc1)c1ccccc1. The fourth-order valence-electron chi connectivity index (χ4n) is 9.33. The lowest BCUT2D eigenvalue weighted by Crippen LogP contribution is -2.28. The van der Waals surface area contributed by atoms with E-state index < -0.39 is 5.41 Å². The van der Waals surface area contributed by atoms with Crippen LogP contribution >= 0.6 is 0 Å². The zero-order chi connectivity index (χ0) is 35.0. The van der Waals surface area contributed by atoms with E-state index in [-0.39, 0.29) is 11.2 Å². The Hall–Kier alpha value is -6.31. The third-order valence-electron chi connectivity index (χ3n) is 11.8. The normalized spacial score (nSPS) is 14.3. The van der Waals surface area contributed by atoms with Gasteiger partial charge in [-0.2, -0.15) is 0 Å². The van der Waals surface area contributed by atoms with Gasteiger partial charge in [0.15, 0.2) is 5.78 Å². The van der Waals surface area contributed by atoms with Crippen LogP contribution in [0.1, 0.15) is 63.1 Å². The van der Waals surface area contributed by atoms with Crippen molar-refractivity contribution in [2.24, 2.45) is 0 Å². The van der Waals surface area contributed by atoms with Crippen LogP contribution in [0.2, 0.25) is 0 Å². The molecule has 246 valence electrons. The fourth-order valence-corrected chi connectivity index (χ4v) is 9.33. The highest BCUT2D eigenvalue weighted by Crippen LogP contribution is 2.62. The number of hydrogen-bond acceptors (Lipinski definition) is 1. The van der Waals surface area contributed by atoms with Crippen LogP contribution in [0.15, 0.2) is 182 Å². The Morgan fingerprint density at radius 3 is 1.60 bits per heavy atom. The van der Waals surface area contributed by atoms with Gasteiger partial charge >= 0.3 is 0 Å². The molecule has 52 heavy (non-hydrogen) atoms. The van der Waals surface area contributed by atoms with Crippen LogP contribution in [-0.4, -0.2) is 5.78 Å². The van der Waals surface area contributed by atoms with Crippen LogP contribution in [0.3, 0.4) is 0 Å².